The highest BCUT2D eigenvalue weighted by Gasteiger charge is 2.10. The number of carbonyl (C=O) groups excluding carboxylic acids is 2. The summed E-state index contributed by atoms with van der Waals surface area (Å²) in [6.07, 6.45) is 1.62. The number of hydrogen-bond acceptors (Lipinski definition) is 6. The average Bonchev–Trinajstić information content (AvgIpc) is 3.20. The number of hydrogen-bond donors (Lipinski definition) is 1. The highest BCUT2D eigenvalue weighted by Crippen LogP contribution is 2.19. The minimum atomic E-state index is -0.385. The topological polar surface area (TPSA) is 86.1 Å². The highest BCUT2D eigenvalue weighted by atomic mass is 32.2. The van der Waals surface area contributed by atoms with Gasteiger partial charge >= 0.3 is 5.97 Å². The van der Waals surface area contributed by atoms with Gasteiger partial charge < -0.3 is 10.1 Å². The third kappa shape index (κ3) is 4.95. The molecule has 0 aliphatic carbocycles. The second-order valence-corrected chi connectivity index (χ2v) is 6.52. The Kier molecular flexibility index (Phi) is 6.22. The van der Waals surface area contributed by atoms with E-state index in [1.165, 1.54) is 18.9 Å². The molecule has 0 saturated heterocycles. The van der Waals surface area contributed by atoms with E-state index in [1.807, 2.05) is 34.9 Å². The number of nitrogens with one attached hydrogen (secondary N) is 1. The summed E-state index contributed by atoms with van der Waals surface area (Å²) in [5, 5.41) is 11.5. The Bertz CT molecular complexity index is 910. The third-order valence-corrected chi connectivity index (χ3v) is 4.69. The molecule has 0 spiro atoms. The fourth-order valence-electron chi connectivity index (χ4n) is 2.35. The van der Waals surface area contributed by atoms with Crippen LogP contribution in [0.15, 0.2) is 66.1 Å². The van der Waals surface area contributed by atoms with Crippen LogP contribution in [0.1, 0.15) is 15.9 Å². The van der Waals surface area contributed by atoms with Crippen molar-refractivity contribution in [1.29, 1.82) is 0 Å². The van der Waals surface area contributed by atoms with Crippen molar-refractivity contribution in [2.45, 2.75) is 11.7 Å². The van der Waals surface area contributed by atoms with Crippen LogP contribution in [0.5, 0.6) is 0 Å². The van der Waals surface area contributed by atoms with Crippen LogP contribution in [0, 0.1) is 0 Å². The molecule has 3 rings (SSSR count). The molecular weight excluding hydrogens is 364 g/mol. The van der Waals surface area contributed by atoms with Gasteiger partial charge in [0.1, 0.15) is 6.33 Å². The number of methoxy groups -OCH3 is 1. The molecule has 0 fully saturated rings. The van der Waals surface area contributed by atoms with Crippen molar-refractivity contribution < 1.29 is 14.3 Å². The van der Waals surface area contributed by atoms with E-state index >= 15 is 0 Å². The number of ether oxygens (including phenoxy) is 1. The normalized spacial score (nSPS) is 10.4. The van der Waals surface area contributed by atoms with Crippen LogP contribution in [-0.4, -0.2) is 39.5 Å². The summed E-state index contributed by atoms with van der Waals surface area (Å²) in [5.74, 6) is -0.268. The van der Waals surface area contributed by atoms with E-state index in [0.717, 1.165) is 11.3 Å². The van der Waals surface area contributed by atoms with Crippen molar-refractivity contribution in [2.75, 3.05) is 12.9 Å². The minimum absolute atomic E-state index is 0.111. The van der Waals surface area contributed by atoms with Gasteiger partial charge in [0.25, 0.3) is 0 Å². The lowest BCUT2D eigenvalue weighted by atomic mass is 10.1. The second-order valence-electron chi connectivity index (χ2n) is 5.57. The van der Waals surface area contributed by atoms with Gasteiger partial charge in [-0.3, -0.25) is 9.36 Å². The first-order chi connectivity index (χ1) is 13.2. The summed E-state index contributed by atoms with van der Waals surface area (Å²) in [7, 11) is 1.34. The lowest BCUT2D eigenvalue weighted by molar-refractivity contribution is -0.118. The van der Waals surface area contributed by atoms with Crippen molar-refractivity contribution >= 4 is 23.6 Å². The molecule has 0 radical (unpaired) electrons. The first-order valence-corrected chi connectivity index (χ1v) is 9.18. The molecule has 0 saturated carbocycles. The zero-order valence-electron chi connectivity index (χ0n) is 14.7. The van der Waals surface area contributed by atoms with Gasteiger partial charge in [0.15, 0.2) is 5.16 Å². The molecule has 0 atom stereocenters. The maximum absolute atomic E-state index is 12.1. The van der Waals surface area contributed by atoms with E-state index in [-0.39, 0.29) is 17.6 Å². The zero-order chi connectivity index (χ0) is 19.1. The van der Waals surface area contributed by atoms with Crippen molar-refractivity contribution in [2.24, 2.45) is 0 Å². The molecule has 8 heteroatoms. The Morgan fingerprint density at radius 2 is 1.85 bits per heavy atom. The van der Waals surface area contributed by atoms with Gasteiger partial charge in [-0.15, -0.1) is 10.2 Å². The maximum Gasteiger partial charge on any atom is 0.337 e. The molecule has 0 aliphatic rings. The van der Waals surface area contributed by atoms with Gasteiger partial charge in [-0.05, 0) is 29.8 Å². The van der Waals surface area contributed by atoms with E-state index in [4.69, 9.17) is 0 Å². The summed E-state index contributed by atoms with van der Waals surface area (Å²) in [6.45, 7) is 0.381. The number of nitrogens with zero attached hydrogens (tertiary/aromatic N) is 3. The van der Waals surface area contributed by atoms with Crippen molar-refractivity contribution in [3.8, 4) is 5.69 Å². The second kappa shape index (κ2) is 9.00. The number of carbonyl (C=O) groups is 2. The zero-order valence-corrected chi connectivity index (χ0v) is 15.5. The average molecular weight is 382 g/mol. The molecule has 1 heterocycles. The van der Waals surface area contributed by atoms with Crippen LogP contribution in [-0.2, 0) is 16.1 Å². The van der Waals surface area contributed by atoms with E-state index in [9.17, 15) is 9.59 Å². The standard InChI is InChI=1S/C19H18N4O3S/c1-26-18(25)15-9-7-14(8-10-15)11-20-17(24)12-27-19-22-21-13-23(19)16-5-3-2-4-6-16/h2-10,13H,11-12H2,1H3,(H,20,24). The number of rotatable bonds is 7. The molecule has 2 aromatic carbocycles. The number of para-hydroxylation sites is 1. The van der Waals surface area contributed by atoms with Crippen LogP contribution in [0.2, 0.25) is 0 Å². The molecular formula is C19H18N4O3S. The smallest absolute Gasteiger partial charge is 0.337 e. The fourth-order valence-corrected chi connectivity index (χ4v) is 3.11. The number of thioether (sulfide) groups is 1. The number of benzene rings is 2. The summed E-state index contributed by atoms with van der Waals surface area (Å²) in [4.78, 5) is 23.5. The molecule has 0 aliphatic heterocycles. The molecule has 138 valence electrons. The summed E-state index contributed by atoms with van der Waals surface area (Å²) in [5.41, 5.74) is 2.31. The van der Waals surface area contributed by atoms with Gasteiger partial charge in [0, 0.05) is 12.2 Å². The lowest BCUT2D eigenvalue weighted by Crippen LogP contribution is -2.24. The van der Waals surface area contributed by atoms with Crippen LogP contribution >= 0.6 is 11.8 Å². The largest absolute Gasteiger partial charge is 0.465 e. The predicted molar refractivity (Wildman–Crippen MR) is 102 cm³/mol. The number of amides is 1. The van der Waals surface area contributed by atoms with Crippen LogP contribution < -0.4 is 5.32 Å². The Labute approximate surface area is 160 Å². The molecule has 0 unspecified atom stereocenters. The molecule has 7 nitrogen and oxygen atoms in total. The van der Waals surface area contributed by atoms with Crippen molar-refractivity contribution in [3.05, 3.63) is 72.1 Å². The fraction of sp³-hybridized carbons (Fsp3) is 0.158. The van der Waals surface area contributed by atoms with Crippen LogP contribution in [0.4, 0.5) is 0 Å². The molecule has 27 heavy (non-hydrogen) atoms. The Balaban J connectivity index is 1.51. The van der Waals surface area contributed by atoms with E-state index in [0.29, 0.717) is 17.3 Å². The third-order valence-electron chi connectivity index (χ3n) is 3.75. The van der Waals surface area contributed by atoms with Gasteiger partial charge in [0.2, 0.25) is 5.91 Å². The van der Waals surface area contributed by atoms with Crippen LogP contribution in [0.25, 0.3) is 5.69 Å². The Morgan fingerprint density at radius 3 is 2.56 bits per heavy atom. The summed E-state index contributed by atoms with van der Waals surface area (Å²) >= 11 is 1.32. The number of aromatic nitrogens is 3. The summed E-state index contributed by atoms with van der Waals surface area (Å²) in [6, 6.07) is 16.6. The molecule has 1 aromatic heterocycles. The predicted octanol–water partition coefficient (Wildman–Crippen LogP) is 2.46. The quantitative estimate of drug-likeness (QED) is 0.499. The SMILES string of the molecule is COC(=O)c1ccc(CNC(=O)CSc2nncn2-c2ccccc2)cc1. The molecule has 1 N–H and O–H groups in total. The van der Waals surface area contributed by atoms with E-state index in [2.05, 4.69) is 20.3 Å². The minimum Gasteiger partial charge on any atom is -0.465 e. The Morgan fingerprint density at radius 1 is 1.11 bits per heavy atom. The number of esters is 1. The van der Waals surface area contributed by atoms with E-state index in [1.54, 1.807) is 30.6 Å². The summed E-state index contributed by atoms with van der Waals surface area (Å²) < 4.78 is 6.50. The van der Waals surface area contributed by atoms with Gasteiger partial charge in [-0.2, -0.15) is 0 Å². The van der Waals surface area contributed by atoms with Gasteiger partial charge in [-0.1, -0.05) is 42.1 Å². The van der Waals surface area contributed by atoms with E-state index < -0.39 is 0 Å². The van der Waals surface area contributed by atoms with Crippen LogP contribution in [0.3, 0.4) is 0 Å². The lowest BCUT2D eigenvalue weighted by Gasteiger charge is -2.07. The van der Waals surface area contributed by atoms with Crippen molar-refractivity contribution in [3.63, 3.8) is 0 Å². The van der Waals surface area contributed by atoms with Gasteiger partial charge in [-0.25, -0.2) is 4.79 Å². The maximum atomic E-state index is 12.1. The monoisotopic (exact) mass is 382 g/mol. The van der Waals surface area contributed by atoms with Crippen molar-refractivity contribution in [1.82, 2.24) is 20.1 Å². The first-order valence-electron chi connectivity index (χ1n) is 8.19. The molecule has 3 aromatic rings. The highest BCUT2D eigenvalue weighted by molar-refractivity contribution is 7.99. The molecule has 0 bridgehead atoms. The molecule has 1 amide bonds. The Hall–Kier alpha value is -3.13. The first kappa shape index (κ1) is 18.7. The van der Waals surface area contributed by atoms with Gasteiger partial charge in [0.05, 0.1) is 18.4 Å².